The Hall–Kier alpha value is -2.50. The van der Waals surface area contributed by atoms with Crippen molar-refractivity contribution in [1.82, 2.24) is 5.16 Å². The van der Waals surface area contributed by atoms with Crippen LogP contribution in [0.1, 0.15) is 35.9 Å². The van der Waals surface area contributed by atoms with Gasteiger partial charge in [-0.2, -0.15) is 0 Å². The van der Waals surface area contributed by atoms with Crippen LogP contribution in [-0.2, 0) is 0 Å². The lowest BCUT2D eigenvalue weighted by Gasteiger charge is -2.15. The number of aromatic carboxylic acids is 1. The number of hydrogen-bond acceptors (Lipinski definition) is 5. The number of carbonyl (C=O) groups is 1. The Morgan fingerprint density at radius 1 is 1.19 bits per heavy atom. The number of ether oxygens (including phenoxy) is 2. The summed E-state index contributed by atoms with van der Waals surface area (Å²) < 4.78 is 15.5. The first kappa shape index (κ1) is 14.9. The maximum Gasteiger partial charge on any atom is 0.374 e. The first-order valence-corrected chi connectivity index (χ1v) is 6.44. The molecule has 0 aliphatic carbocycles. The highest BCUT2D eigenvalue weighted by atomic mass is 16.5. The number of hydrogen-bond donors (Lipinski definition) is 1. The monoisotopic (exact) mass is 291 g/mol. The molecule has 2 aromatic rings. The summed E-state index contributed by atoms with van der Waals surface area (Å²) in [6.45, 7) is 4.08. The Kier molecular flexibility index (Phi) is 4.16. The van der Waals surface area contributed by atoms with Crippen molar-refractivity contribution >= 4 is 5.97 Å². The van der Waals surface area contributed by atoms with E-state index < -0.39 is 5.97 Å². The Bertz CT molecular complexity index is 660. The normalized spacial score (nSPS) is 10.7. The van der Waals surface area contributed by atoms with Gasteiger partial charge in [0, 0.05) is 17.7 Å². The Morgan fingerprint density at radius 2 is 1.86 bits per heavy atom. The molecule has 0 radical (unpaired) electrons. The van der Waals surface area contributed by atoms with Crippen LogP contribution >= 0.6 is 0 Å². The van der Waals surface area contributed by atoms with Gasteiger partial charge in [0.1, 0.15) is 17.2 Å². The minimum Gasteiger partial charge on any atom is -0.496 e. The summed E-state index contributed by atoms with van der Waals surface area (Å²) in [6.07, 6.45) is 0. The lowest BCUT2D eigenvalue weighted by atomic mass is 9.97. The number of aromatic nitrogens is 1. The molecule has 0 amide bonds. The number of nitrogens with zero attached hydrogens (tertiary/aromatic N) is 1. The summed E-state index contributed by atoms with van der Waals surface area (Å²) in [6, 6.07) is 5.02. The molecule has 6 heteroatoms. The summed E-state index contributed by atoms with van der Waals surface area (Å²) in [5, 5.41) is 12.7. The van der Waals surface area contributed by atoms with Crippen molar-refractivity contribution in [3.05, 3.63) is 29.5 Å². The molecule has 1 N–H and O–H groups in total. The molecule has 0 fully saturated rings. The fourth-order valence-electron chi connectivity index (χ4n) is 2.08. The largest absolute Gasteiger partial charge is 0.496 e. The highest BCUT2D eigenvalue weighted by Gasteiger charge is 2.19. The van der Waals surface area contributed by atoms with Gasteiger partial charge in [0.15, 0.2) is 0 Å². The average molecular weight is 291 g/mol. The Balaban J connectivity index is 2.60. The van der Waals surface area contributed by atoms with Crippen LogP contribution in [0, 0.1) is 0 Å². The second-order valence-electron chi connectivity index (χ2n) is 4.83. The van der Waals surface area contributed by atoms with Crippen LogP contribution in [0.25, 0.3) is 11.3 Å². The summed E-state index contributed by atoms with van der Waals surface area (Å²) in [7, 11) is 3.13. The summed E-state index contributed by atoms with van der Waals surface area (Å²) >= 11 is 0. The molecule has 1 aromatic heterocycles. The molecule has 0 saturated carbocycles. The average Bonchev–Trinajstić information content (AvgIpc) is 2.95. The van der Waals surface area contributed by atoms with Crippen molar-refractivity contribution < 1.29 is 23.9 Å². The van der Waals surface area contributed by atoms with E-state index in [9.17, 15) is 4.79 Å². The predicted molar refractivity (Wildman–Crippen MR) is 76.1 cm³/mol. The molecule has 6 nitrogen and oxygen atoms in total. The van der Waals surface area contributed by atoms with E-state index in [1.54, 1.807) is 13.2 Å². The van der Waals surface area contributed by atoms with Gasteiger partial charge in [-0.25, -0.2) is 4.79 Å². The topological polar surface area (TPSA) is 81.8 Å². The van der Waals surface area contributed by atoms with Crippen molar-refractivity contribution in [3.8, 4) is 22.8 Å². The van der Waals surface area contributed by atoms with Crippen molar-refractivity contribution in [2.45, 2.75) is 19.8 Å². The standard InChI is InChI=1S/C15H17NO5/c1-8(2)9-5-10(13(20-4)7-12(9)19-3)11-6-14(15(17)18)21-16-11/h5-8H,1-4H3,(H,17,18). The third kappa shape index (κ3) is 2.84. The highest BCUT2D eigenvalue weighted by Crippen LogP contribution is 2.38. The minimum atomic E-state index is -1.16. The number of methoxy groups -OCH3 is 2. The van der Waals surface area contributed by atoms with Gasteiger partial charge in [-0.1, -0.05) is 19.0 Å². The zero-order chi connectivity index (χ0) is 15.6. The van der Waals surface area contributed by atoms with Gasteiger partial charge < -0.3 is 19.1 Å². The number of rotatable bonds is 5. The highest BCUT2D eigenvalue weighted by molar-refractivity contribution is 5.86. The molecular weight excluding hydrogens is 274 g/mol. The van der Waals surface area contributed by atoms with E-state index in [2.05, 4.69) is 5.16 Å². The minimum absolute atomic E-state index is 0.214. The van der Waals surface area contributed by atoms with Crippen molar-refractivity contribution in [1.29, 1.82) is 0 Å². The Morgan fingerprint density at radius 3 is 2.33 bits per heavy atom. The van der Waals surface area contributed by atoms with Gasteiger partial charge >= 0.3 is 5.97 Å². The predicted octanol–water partition coefficient (Wildman–Crippen LogP) is 3.18. The molecule has 1 aromatic carbocycles. The van der Waals surface area contributed by atoms with Gasteiger partial charge in [0.2, 0.25) is 5.76 Å². The number of benzene rings is 1. The van der Waals surface area contributed by atoms with Gasteiger partial charge in [-0.3, -0.25) is 0 Å². The molecule has 0 aliphatic heterocycles. The smallest absolute Gasteiger partial charge is 0.374 e. The quantitative estimate of drug-likeness (QED) is 0.911. The van der Waals surface area contributed by atoms with Crippen LogP contribution in [0.4, 0.5) is 0 Å². The van der Waals surface area contributed by atoms with E-state index in [-0.39, 0.29) is 11.7 Å². The van der Waals surface area contributed by atoms with Crippen LogP contribution in [-0.4, -0.2) is 30.5 Å². The van der Waals surface area contributed by atoms with Crippen molar-refractivity contribution in [3.63, 3.8) is 0 Å². The van der Waals surface area contributed by atoms with Crippen LogP contribution in [0.3, 0.4) is 0 Å². The maximum absolute atomic E-state index is 10.9. The second-order valence-corrected chi connectivity index (χ2v) is 4.83. The third-order valence-electron chi connectivity index (χ3n) is 3.17. The lowest BCUT2D eigenvalue weighted by molar-refractivity contribution is 0.0652. The zero-order valence-corrected chi connectivity index (χ0v) is 12.3. The molecule has 0 atom stereocenters. The fourth-order valence-corrected chi connectivity index (χ4v) is 2.08. The number of carboxylic acids is 1. The Labute approximate surface area is 122 Å². The molecule has 112 valence electrons. The molecule has 0 spiro atoms. The number of carboxylic acid groups (broad SMARTS) is 1. The zero-order valence-electron chi connectivity index (χ0n) is 12.3. The van der Waals surface area contributed by atoms with Crippen molar-refractivity contribution in [2.24, 2.45) is 0 Å². The molecule has 2 rings (SSSR count). The summed E-state index contributed by atoms with van der Waals surface area (Å²) in [5.41, 5.74) is 2.06. The van der Waals surface area contributed by atoms with E-state index in [4.69, 9.17) is 19.1 Å². The van der Waals surface area contributed by atoms with E-state index >= 15 is 0 Å². The van der Waals surface area contributed by atoms with Gasteiger partial charge in [0.05, 0.1) is 14.2 Å². The molecule has 21 heavy (non-hydrogen) atoms. The van der Waals surface area contributed by atoms with Gasteiger partial charge in [0.25, 0.3) is 0 Å². The van der Waals surface area contributed by atoms with Crippen LogP contribution in [0.5, 0.6) is 11.5 Å². The van der Waals surface area contributed by atoms with Crippen LogP contribution < -0.4 is 9.47 Å². The molecule has 0 aliphatic rings. The van der Waals surface area contributed by atoms with Gasteiger partial charge in [-0.05, 0) is 17.5 Å². The van der Waals surface area contributed by atoms with Crippen LogP contribution in [0.2, 0.25) is 0 Å². The SMILES string of the molecule is COc1cc(OC)c(C(C)C)cc1-c1cc(C(=O)O)on1. The van der Waals surface area contributed by atoms with E-state index in [1.807, 2.05) is 19.9 Å². The third-order valence-corrected chi connectivity index (χ3v) is 3.17. The first-order valence-electron chi connectivity index (χ1n) is 6.44. The fraction of sp³-hybridized carbons (Fsp3) is 0.333. The molecular formula is C15H17NO5. The molecule has 1 heterocycles. The second kappa shape index (κ2) is 5.87. The summed E-state index contributed by atoms with van der Waals surface area (Å²) in [4.78, 5) is 10.9. The van der Waals surface area contributed by atoms with Crippen LogP contribution in [0.15, 0.2) is 22.7 Å². The van der Waals surface area contributed by atoms with E-state index in [0.717, 1.165) is 5.56 Å². The first-order chi connectivity index (χ1) is 9.97. The maximum atomic E-state index is 10.9. The lowest BCUT2D eigenvalue weighted by Crippen LogP contribution is -1.98. The summed E-state index contributed by atoms with van der Waals surface area (Å²) in [5.74, 6) is 0.115. The van der Waals surface area contributed by atoms with E-state index in [1.165, 1.54) is 13.2 Å². The van der Waals surface area contributed by atoms with Crippen molar-refractivity contribution in [2.75, 3.05) is 14.2 Å². The molecule has 0 unspecified atom stereocenters. The van der Waals surface area contributed by atoms with E-state index in [0.29, 0.717) is 22.8 Å². The molecule has 0 saturated heterocycles. The van der Waals surface area contributed by atoms with Gasteiger partial charge in [-0.15, -0.1) is 0 Å². The molecule has 0 bridgehead atoms.